The zero-order valence-corrected chi connectivity index (χ0v) is 17.6. The fourth-order valence-electron chi connectivity index (χ4n) is 3.51. The number of methoxy groups -OCH3 is 2. The van der Waals surface area contributed by atoms with Gasteiger partial charge in [0, 0.05) is 28.6 Å². The van der Waals surface area contributed by atoms with Gasteiger partial charge in [0.15, 0.2) is 11.4 Å². The van der Waals surface area contributed by atoms with Gasteiger partial charge >= 0.3 is 0 Å². The number of fused-ring (bicyclic) bond motifs is 3. The number of nitrogens with two attached hydrogens (primary N) is 1. The largest absolute Gasteiger partial charge is 0.497 e. The van der Waals surface area contributed by atoms with Gasteiger partial charge in [0.05, 0.1) is 31.4 Å². The molecule has 9 nitrogen and oxygen atoms in total. The molecule has 0 aliphatic carbocycles. The van der Waals surface area contributed by atoms with Crippen molar-refractivity contribution in [2.24, 2.45) is 5.73 Å². The smallest absolute Gasteiger partial charge is 0.234 e. The van der Waals surface area contributed by atoms with E-state index in [9.17, 15) is 4.79 Å². The molecule has 3 N–H and O–H groups in total. The number of nitrogens with zero attached hydrogens (tertiary/aromatic N) is 4. The minimum atomic E-state index is -0.148. The molecule has 0 amide bonds. The Bertz CT molecular complexity index is 1320. The van der Waals surface area contributed by atoms with E-state index in [1.807, 2.05) is 28.7 Å². The third kappa shape index (κ3) is 3.61. The standard InChI is InChI=1S/C22H22N6O3/c1-12(23)21(13(2)29)16-9-17-18(10-19(16)31-4)28-20(11-24-17)26-27-22(28)25-14-5-7-15(30-3)8-6-14/h5-11H,23H2,1-4H3,(H,25,27). The number of carbonyl (C=O) groups excluding carboxylic acids is 1. The first-order valence-electron chi connectivity index (χ1n) is 9.53. The lowest BCUT2D eigenvalue weighted by Crippen LogP contribution is -2.07. The molecule has 0 saturated heterocycles. The molecule has 0 fully saturated rings. The zero-order valence-electron chi connectivity index (χ0n) is 17.6. The van der Waals surface area contributed by atoms with Crippen molar-refractivity contribution in [2.75, 3.05) is 19.5 Å². The van der Waals surface area contributed by atoms with Crippen LogP contribution in [0.4, 0.5) is 11.6 Å². The Kier molecular flexibility index (Phi) is 5.16. The first-order chi connectivity index (χ1) is 14.9. The van der Waals surface area contributed by atoms with Gasteiger partial charge in [-0.15, -0.1) is 10.2 Å². The van der Waals surface area contributed by atoms with Gasteiger partial charge in [-0.25, -0.2) is 0 Å². The molecule has 158 valence electrons. The van der Waals surface area contributed by atoms with E-state index in [-0.39, 0.29) is 5.78 Å². The van der Waals surface area contributed by atoms with E-state index in [0.29, 0.717) is 39.7 Å². The second-order valence-electron chi connectivity index (χ2n) is 6.98. The third-order valence-electron chi connectivity index (χ3n) is 4.91. The van der Waals surface area contributed by atoms with E-state index in [1.54, 1.807) is 39.5 Å². The van der Waals surface area contributed by atoms with Crippen LogP contribution in [0.15, 0.2) is 48.3 Å². The van der Waals surface area contributed by atoms with Crippen LogP contribution in [0, 0.1) is 0 Å². The van der Waals surface area contributed by atoms with Gasteiger partial charge in [-0.05, 0) is 44.2 Å². The van der Waals surface area contributed by atoms with Crippen molar-refractivity contribution < 1.29 is 14.3 Å². The van der Waals surface area contributed by atoms with Crippen LogP contribution < -0.4 is 20.5 Å². The van der Waals surface area contributed by atoms with Crippen LogP contribution in [0.5, 0.6) is 11.5 Å². The van der Waals surface area contributed by atoms with Crippen molar-refractivity contribution >= 4 is 39.7 Å². The summed E-state index contributed by atoms with van der Waals surface area (Å²) < 4.78 is 12.6. The predicted molar refractivity (Wildman–Crippen MR) is 119 cm³/mol. The van der Waals surface area contributed by atoms with E-state index < -0.39 is 0 Å². The average molecular weight is 418 g/mol. The first kappa shape index (κ1) is 20.1. The molecule has 0 aliphatic heterocycles. The number of rotatable bonds is 6. The highest BCUT2D eigenvalue weighted by Gasteiger charge is 2.19. The van der Waals surface area contributed by atoms with Gasteiger partial charge < -0.3 is 20.5 Å². The number of Topliss-reactive ketones (excluding diaryl/α,β-unsaturated/α-hetero) is 1. The second-order valence-corrected chi connectivity index (χ2v) is 6.98. The van der Waals surface area contributed by atoms with E-state index >= 15 is 0 Å². The van der Waals surface area contributed by atoms with Crippen LogP contribution in [0.3, 0.4) is 0 Å². The molecule has 31 heavy (non-hydrogen) atoms. The number of ether oxygens (including phenoxy) is 2. The molecule has 0 radical (unpaired) electrons. The Balaban J connectivity index is 1.90. The van der Waals surface area contributed by atoms with Crippen LogP contribution in [-0.2, 0) is 4.79 Å². The Morgan fingerprint density at radius 1 is 1.06 bits per heavy atom. The molecule has 0 atom stereocenters. The molecule has 0 saturated carbocycles. The molecule has 0 aliphatic rings. The maximum absolute atomic E-state index is 12.2. The number of allylic oxidation sites excluding steroid dienone is 2. The average Bonchev–Trinajstić information content (AvgIpc) is 3.16. The first-order valence-corrected chi connectivity index (χ1v) is 9.53. The molecule has 0 unspecified atom stereocenters. The van der Waals surface area contributed by atoms with Crippen molar-refractivity contribution in [2.45, 2.75) is 13.8 Å². The Labute approximate surface area is 178 Å². The zero-order chi connectivity index (χ0) is 22.1. The highest BCUT2D eigenvalue weighted by molar-refractivity contribution is 6.21. The van der Waals surface area contributed by atoms with Crippen LogP contribution in [0.1, 0.15) is 19.4 Å². The number of carbonyl (C=O) groups is 1. The molecule has 4 rings (SSSR count). The molecule has 2 aromatic carbocycles. The molecular formula is C22H22N6O3. The van der Waals surface area contributed by atoms with Gasteiger partial charge in [0.25, 0.3) is 0 Å². The summed E-state index contributed by atoms with van der Waals surface area (Å²) >= 11 is 0. The normalized spacial score (nSPS) is 12.0. The Morgan fingerprint density at radius 3 is 2.42 bits per heavy atom. The predicted octanol–water partition coefficient (Wildman–Crippen LogP) is 3.32. The van der Waals surface area contributed by atoms with E-state index in [0.717, 1.165) is 17.0 Å². The molecule has 9 heteroatoms. The summed E-state index contributed by atoms with van der Waals surface area (Å²) in [5.74, 6) is 1.62. The van der Waals surface area contributed by atoms with Gasteiger partial charge in [0.2, 0.25) is 5.95 Å². The lowest BCUT2D eigenvalue weighted by molar-refractivity contribution is -0.111. The number of hydrogen-bond donors (Lipinski definition) is 2. The van der Waals surface area contributed by atoms with Crippen LogP contribution >= 0.6 is 0 Å². The minimum absolute atomic E-state index is 0.148. The summed E-state index contributed by atoms with van der Waals surface area (Å²) in [5, 5.41) is 11.7. The lowest BCUT2D eigenvalue weighted by atomic mass is 9.99. The number of hydrogen-bond acceptors (Lipinski definition) is 8. The van der Waals surface area contributed by atoms with Crippen molar-refractivity contribution in [1.82, 2.24) is 19.6 Å². The molecule has 0 bridgehead atoms. The SMILES string of the molecule is COc1ccc(Nc2nnc3cnc4cc(C(C(C)=O)=C(C)N)c(OC)cc4n23)cc1. The Morgan fingerprint density at radius 2 is 1.81 bits per heavy atom. The van der Waals surface area contributed by atoms with Crippen molar-refractivity contribution in [3.8, 4) is 11.5 Å². The van der Waals surface area contributed by atoms with Gasteiger partial charge in [-0.3, -0.25) is 14.2 Å². The topological polar surface area (TPSA) is 117 Å². The summed E-state index contributed by atoms with van der Waals surface area (Å²) in [4.78, 5) is 16.7. The second kappa shape index (κ2) is 7.94. The monoisotopic (exact) mass is 418 g/mol. The molecular weight excluding hydrogens is 396 g/mol. The van der Waals surface area contributed by atoms with Crippen LogP contribution in [0.2, 0.25) is 0 Å². The fourth-order valence-corrected chi connectivity index (χ4v) is 3.51. The number of benzene rings is 2. The Hall–Kier alpha value is -4.14. The highest BCUT2D eigenvalue weighted by atomic mass is 16.5. The molecule has 2 aromatic heterocycles. The summed E-state index contributed by atoms with van der Waals surface area (Å²) in [6, 6.07) is 11.1. The molecule has 0 spiro atoms. The lowest BCUT2D eigenvalue weighted by Gasteiger charge is -2.14. The fraction of sp³-hybridized carbons (Fsp3) is 0.182. The summed E-state index contributed by atoms with van der Waals surface area (Å²) in [7, 11) is 3.17. The van der Waals surface area contributed by atoms with Gasteiger partial charge in [-0.2, -0.15) is 0 Å². The highest BCUT2D eigenvalue weighted by Crippen LogP contribution is 2.33. The number of anilines is 2. The molecule has 2 heterocycles. The van der Waals surface area contributed by atoms with Crippen LogP contribution in [-0.4, -0.2) is 39.6 Å². The van der Waals surface area contributed by atoms with E-state index in [4.69, 9.17) is 15.2 Å². The van der Waals surface area contributed by atoms with Gasteiger partial charge in [-0.1, -0.05) is 0 Å². The van der Waals surface area contributed by atoms with E-state index in [1.165, 1.54) is 6.92 Å². The van der Waals surface area contributed by atoms with Crippen molar-refractivity contribution in [3.63, 3.8) is 0 Å². The maximum Gasteiger partial charge on any atom is 0.234 e. The van der Waals surface area contributed by atoms with E-state index in [2.05, 4.69) is 20.5 Å². The number of aromatic nitrogens is 4. The molecule has 4 aromatic rings. The quantitative estimate of drug-likeness (QED) is 0.458. The van der Waals surface area contributed by atoms with Crippen molar-refractivity contribution in [1.29, 1.82) is 0 Å². The van der Waals surface area contributed by atoms with Crippen molar-refractivity contribution in [3.05, 3.63) is 53.9 Å². The maximum atomic E-state index is 12.2. The third-order valence-corrected chi connectivity index (χ3v) is 4.91. The minimum Gasteiger partial charge on any atom is -0.497 e. The number of nitrogens with one attached hydrogen (secondary N) is 1. The number of ketones is 1. The summed E-state index contributed by atoms with van der Waals surface area (Å²) in [6.07, 6.45) is 1.62. The van der Waals surface area contributed by atoms with Crippen LogP contribution in [0.25, 0.3) is 22.3 Å². The van der Waals surface area contributed by atoms with Gasteiger partial charge in [0.1, 0.15) is 11.5 Å². The summed E-state index contributed by atoms with van der Waals surface area (Å²) in [5.41, 5.74) is 10.1. The summed E-state index contributed by atoms with van der Waals surface area (Å²) in [6.45, 7) is 3.16.